The van der Waals surface area contributed by atoms with Crippen LogP contribution in [0.25, 0.3) is 0 Å². The molecule has 1 atom stereocenters. The molecule has 5 nitrogen and oxygen atoms in total. The van der Waals surface area contributed by atoms with Crippen LogP contribution in [0, 0.1) is 0 Å². The predicted molar refractivity (Wildman–Crippen MR) is 46.6 cm³/mol. The van der Waals surface area contributed by atoms with Crippen LogP contribution < -0.4 is 0 Å². The summed E-state index contributed by atoms with van der Waals surface area (Å²) in [6.45, 7) is 3.50. The Bertz CT molecular complexity index is 256. The van der Waals surface area contributed by atoms with Crippen molar-refractivity contribution in [1.82, 2.24) is 0 Å². The average molecular weight is 210 g/mol. The van der Waals surface area contributed by atoms with Crippen LogP contribution in [-0.4, -0.2) is 33.4 Å². The molecule has 0 aromatic rings. The number of hydrogen-bond acceptors (Lipinski definition) is 5. The van der Waals surface area contributed by atoms with Crippen molar-refractivity contribution in [3.63, 3.8) is 0 Å². The summed E-state index contributed by atoms with van der Waals surface area (Å²) in [6.07, 6.45) is 0.149. The summed E-state index contributed by atoms with van der Waals surface area (Å²) >= 11 is 0. The van der Waals surface area contributed by atoms with Gasteiger partial charge in [0.25, 0.3) is 10.1 Å². The predicted octanol–water partition coefficient (Wildman–Crippen LogP) is 0.304. The number of rotatable bonds is 5. The van der Waals surface area contributed by atoms with Crippen molar-refractivity contribution in [2.45, 2.75) is 26.4 Å². The molecule has 0 bridgehead atoms. The first-order valence-electron chi connectivity index (χ1n) is 3.95. The van der Waals surface area contributed by atoms with Crippen molar-refractivity contribution in [3.8, 4) is 0 Å². The lowest BCUT2D eigenvalue weighted by Crippen LogP contribution is -2.28. The molecule has 0 aliphatic rings. The van der Waals surface area contributed by atoms with Gasteiger partial charge in [0.15, 0.2) is 6.10 Å². The number of ether oxygens (including phenoxy) is 1. The Hall–Kier alpha value is -0.620. The lowest BCUT2D eigenvalue weighted by molar-refractivity contribution is -0.151. The first-order valence-corrected chi connectivity index (χ1v) is 5.77. The van der Waals surface area contributed by atoms with Crippen molar-refractivity contribution in [1.29, 1.82) is 0 Å². The van der Waals surface area contributed by atoms with Gasteiger partial charge in [-0.15, -0.1) is 0 Å². The summed E-state index contributed by atoms with van der Waals surface area (Å²) in [7, 11) is -3.60. The SMILES string of the molecule is CCOC(=O)[C@@H](CC)OS(C)(=O)=O. The summed E-state index contributed by atoms with van der Waals surface area (Å²) in [5, 5.41) is 0. The minimum absolute atomic E-state index is 0.211. The van der Waals surface area contributed by atoms with E-state index < -0.39 is 22.2 Å². The van der Waals surface area contributed by atoms with Gasteiger partial charge in [-0.25, -0.2) is 4.79 Å². The first kappa shape index (κ1) is 12.4. The van der Waals surface area contributed by atoms with Crippen LogP contribution in [-0.2, 0) is 23.8 Å². The van der Waals surface area contributed by atoms with Crippen molar-refractivity contribution in [3.05, 3.63) is 0 Å². The van der Waals surface area contributed by atoms with Crippen LogP contribution in [0.5, 0.6) is 0 Å². The van der Waals surface area contributed by atoms with Gasteiger partial charge >= 0.3 is 5.97 Å². The van der Waals surface area contributed by atoms with E-state index in [2.05, 4.69) is 8.92 Å². The second-order valence-corrected chi connectivity index (χ2v) is 4.05. The monoisotopic (exact) mass is 210 g/mol. The summed E-state index contributed by atoms with van der Waals surface area (Å²) in [5.74, 6) is -0.643. The van der Waals surface area contributed by atoms with Gasteiger partial charge < -0.3 is 4.74 Å². The van der Waals surface area contributed by atoms with Crippen LogP contribution in [0.2, 0.25) is 0 Å². The fourth-order valence-electron chi connectivity index (χ4n) is 0.720. The van der Waals surface area contributed by atoms with E-state index in [9.17, 15) is 13.2 Å². The lowest BCUT2D eigenvalue weighted by Gasteiger charge is -2.12. The molecule has 0 heterocycles. The van der Waals surface area contributed by atoms with Crippen LogP contribution in [0.1, 0.15) is 20.3 Å². The zero-order valence-corrected chi connectivity index (χ0v) is 8.76. The Labute approximate surface area is 78.2 Å². The molecule has 0 aromatic carbocycles. The molecule has 0 unspecified atom stereocenters. The van der Waals surface area contributed by atoms with E-state index in [-0.39, 0.29) is 13.0 Å². The van der Waals surface area contributed by atoms with E-state index in [1.54, 1.807) is 13.8 Å². The van der Waals surface area contributed by atoms with E-state index in [0.717, 1.165) is 6.26 Å². The zero-order chi connectivity index (χ0) is 10.5. The fourth-order valence-corrected chi connectivity index (χ4v) is 1.36. The molecule has 6 heteroatoms. The Morgan fingerprint density at radius 2 is 1.92 bits per heavy atom. The van der Waals surface area contributed by atoms with Crippen molar-refractivity contribution in [2.75, 3.05) is 12.9 Å². The van der Waals surface area contributed by atoms with E-state index in [0.29, 0.717) is 0 Å². The molecular weight excluding hydrogens is 196 g/mol. The molecule has 13 heavy (non-hydrogen) atoms. The number of esters is 1. The Morgan fingerprint density at radius 3 is 2.23 bits per heavy atom. The standard InChI is InChI=1S/C7H14O5S/c1-4-6(7(8)11-5-2)12-13(3,9)10/h6H,4-5H2,1-3H3/t6-/m1/s1. The molecule has 0 aliphatic carbocycles. The molecule has 0 rings (SSSR count). The summed E-state index contributed by atoms with van der Waals surface area (Å²) in [5.41, 5.74) is 0. The maximum Gasteiger partial charge on any atom is 0.336 e. The average Bonchev–Trinajstić information content (AvgIpc) is 1.99. The second kappa shape index (κ2) is 5.18. The Morgan fingerprint density at radius 1 is 1.38 bits per heavy atom. The van der Waals surface area contributed by atoms with Gasteiger partial charge in [0.2, 0.25) is 0 Å². The molecule has 0 aromatic heterocycles. The summed E-state index contributed by atoms with van der Waals surface area (Å²) < 4.78 is 30.5. The third-order valence-corrected chi connectivity index (χ3v) is 1.79. The van der Waals surface area contributed by atoms with Gasteiger partial charge in [-0.2, -0.15) is 8.42 Å². The van der Waals surface area contributed by atoms with Gasteiger partial charge in [0.1, 0.15) is 0 Å². The molecule has 0 N–H and O–H groups in total. The molecule has 0 saturated carbocycles. The molecular formula is C7H14O5S. The Kier molecular flexibility index (Phi) is 4.94. The fraction of sp³-hybridized carbons (Fsp3) is 0.857. The van der Waals surface area contributed by atoms with Crippen LogP contribution in [0.4, 0.5) is 0 Å². The van der Waals surface area contributed by atoms with Gasteiger partial charge in [-0.1, -0.05) is 6.92 Å². The molecule has 0 amide bonds. The number of hydrogen-bond donors (Lipinski definition) is 0. The van der Waals surface area contributed by atoms with Crippen molar-refractivity contribution in [2.24, 2.45) is 0 Å². The van der Waals surface area contributed by atoms with E-state index >= 15 is 0 Å². The van der Waals surface area contributed by atoms with Crippen LogP contribution in [0.15, 0.2) is 0 Å². The lowest BCUT2D eigenvalue weighted by atomic mass is 10.3. The first-order chi connectivity index (χ1) is 5.90. The highest BCUT2D eigenvalue weighted by molar-refractivity contribution is 7.86. The normalized spacial score (nSPS) is 13.8. The maximum absolute atomic E-state index is 11.0. The van der Waals surface area contributed by atoms with E-state index in [4.69, 9.17) is 0 Å². The highest BCUT2D eigenvalue weighted by Gasteiger charge is 2.22. The molecule has 0 fully saturated rings. The maximum atomic E-state index is 11.0. The topological polar surface area (TPSA) is 69.7 Å². The van der Waals surface area contributed by atoms with Crippen LogP contribution in [0.3, 0.4) is 0 Å². The molecule has 0 radical (unpaired) electrons. The molecule has 0 spiro atoms. The zero-order valence-electron chi connectivity index (χ0n) is 7.94. The highest BCUT2D eigenvalue weighted by Crippen LogP contribution is 2.04. The molecule has 0 saturated heterocycles. The smallest absolute Gasteiger partial charge is 0.336 e. The summed E-state index contributed by atoms with van der Waals surface area (Å²) in [6, 6.07) is 0. The minimum Gasteiger partial charge on any atom is -0.464 e. The number of carbonyl (C=O) groups excluding carboxylic acids is 1. The van der Waals surface area contributed by atoms with Crippen LogP contribution >= 0.6 is 0 Å². The third-order valence-electron chi connectivity index (χ3n) is 1.21. The largest absolute Gasteiger partial charge is 0.464 e. The quantitative estimate of drug-likeness (QED) is 0.482. The van der Waals surface area contributed by atoms with E-state index in [1.807, 2.05) is 0 Å². The van der Waals surface area contributed by atoms with Gasteiger partial charge in [-0.3, -0.25) is 4.18 Å². The van der Waals surface area contributed by atoms with E-state index in [1.165, 1.54) is 0 Å². The van der Waals surface area contributed by atoms with Gasteiger partial charge in [0, 0.05) is 0 Å². The van der Waals surface area contributed by atoms with Crippen molar-refractivity contribution < 1.29 is 22.1 Å². The Balaban J connectivity index is 4.27. The van der Waals surface area contributed by atoms with Gasteiger partial charge in [-0.05, 0) is 13.3 Å². The summed E-state index contributed by atoms with van der Waals surface area (Å²) in [4.78, 5) is 11.0. The third kappa shape index (κ3) is 5.59. The second-order valence-electron chi connectivity index (χ2n) is 2.45. The number of carbonyl (C=O) groups is 1. The van der Waals surface area contributed by atoms with Gasteiger partial charge in [0.05, 0.1) is 12.9 Å². The molecule has 0 aliphatic heterocycles. The highest BCUT2D eigenvalue weighted by atomic mass is 32.2. The van der Waals surface area contributed by atoms with Crippen molar-refractivity contribution >= 4 is 16.1 Å². The molecule has 78 valence electrons. The minimum atomic E-state index is -3.60.